The Kier molecular flexibility index (Phi) is 4.73. The monoisotopic (exact) mass is 317 g/mol. The average molecular weight is 318 g/mol. The van der Waals surface area contributed by atoms with Crippen molar-refractivity contribution in [2.75, 3.05) is 0 Å². The van der Waals surface area contributed by atoms with Gasteiger partial charge >= 0.3 is 0 Å². The molecule has 1 fully saturated rings. The molecule has 18 heavy (non-hydrogen) atoms. The van der Waals surface area contributed by atoms with Gasteiger partial charge in [0, 0.05) is 11.6 Å². The van der Waals surface area contributed by atoms with E-state index < -0.39 is 11.6 Å². The molecule has 0 saturated heterocycles. The third-order valence-electron chi connectivity index (χ3n) is 3.87. The van der Waals surface area contributed by atoms with Gasteiger partial charge in [0.25, 0.3) is 0 Å². The van der Waals surface area contributed by atoms with Crippen LogP contribution >= 0.6 is 15.9 Å². The topological polar surface area (TPSA) is 26.0 Å². The number of hydrogen-bond acceptors (Lipinski definition) is 1. The molecule has 1 aromatic rings. The highest BCUT2D eigenvalue weighted by molar-refractivity contribution is 9.10. The van der Waals surface area contributed by atoms with Gasteiger partial charge in [0.15, 0.2) is 0 Å². The van der Waals surface area contributed by atoms with Gasteiger partial charge in [-0.3, -0.25) is 0 Å². The Morgan fingerprint density at radius 3 is 2.61 bits per heavy atom. The largest absolute Gasteiger partial charge is 0.327 e. The maximum Gasteiger partial charge on any atom is 0.143 e. The minimum Gasteiger partial charge on any atom is -0.327 e. The number of benzene rings is 1. The van der Waals surface area contributed by atoms with Gasteiger partial charge in [-0.05, 0) is 59.7 Å². The third-order valence-corrected chi connectivity index (χ3v) is 4.48. The van der Waals surface area contributed by atoms with Gasteiger partial charge < -0.3 is 5.73 Å². The summed E-state index contributed by atoms with van der Waals surface area (Å²) in [6.07, 6.45) is 5.80. The average Bonchev–Trinajstić information content (AvgIpc) is 2.87. The van der Waals surface area contributed by atoms with E-state index in [0.717, 1.165) is 12.8 Å². The lowest BCUT2D eigenvalue weighted by molar-refractivity contribution is 0.405. The zero-order chi connectivity index (χ0) is 13.1. The molecule has 0 spiro atoms. The molecule has 0 amide bonds. The molecular weight excluding hydrogens is 300 g/mol. The number of hydrogen-bond donors (Lipinski definition) is 1. The molecule has 0 bridgehead atoms. The van der Waals surface area contributed by atoms with Gasteiger partial charge in [0.1, 0.15) is 11.6 Å². The Hall–Kier alpha value is -0.480. The molecule has 1 aliphatic rings. The summed E-state index contributed by atoms with van der Waals surface area (Å²) >= 11 is 3.08. The summed E-state index contributed by atoms with van der Waals surface area (Å²) < 4.78 is 27.6. The highest BCUT2D eigenvalue weighted by atomic mass is 79.9. The summed E-state index contributed by atoms with van der Waals surface area (Å²) in [5, 5.41) is 0. The summed E-state index contributed by atoms with van der Waals surface area (Å²) in [5.74, 6) is -0.439. The lowest BCUT2D eigenvalue weighted by atomic mass is 9.93. The van der Waals surface area contributed by atoms with Crippen molar-refractivity contribution >= 4 is 15.9 Å². The number of rotatable bonds is 4. The predicted octanol–water partition coefficient (Wildman–Crippen LogP) is 4.18. The van der Waals surface area contributed by atoms with Crippen LogP contribution in [0.25, 0.3) is 0 Å². The first-order valence-electron chi connectivity index (χ1n) is 6.47. The van der Waals surface area contributed by atoms with Crippen molar-refractivity contribution in [2.45, 2.75) is 44.6 Å². The van der Waals surface area contributed by atoms with Crippen LogP contribution in [-0.2, 0) is 6.42 Å². The normalized spacial score (nSPS) is 18.2. The molecule has 1 aliphatic carbocycles. The van der Waals surface area contributed by atoms with Gasteiger partial charge in [-0.2, -0.15) is 0 Å². The van der Waals surface area contributed by atoms with Gasteiger partial charge in [-0.25, -0.2) is 8.78 Å². The summed E-state index contributed by atoms with van der Waals surface area (Å²) in [6.45, 7) is 0. The first-order valence-corrected chi connectivity index (χ1v) is 7.27. The van der Waals surface area contributed by atoms with E-state index in [0.29, 0.717) is 23.2 Å². The zero-order valence-electron chi connectivity index (χ0n) is 10.3. The molecule has 2 N–H and O–H groups in total. The van der Waals surface area contributed by atoms with Crippen molar-refractivity contribution in [1.29, 1.82) is 0 Å². The fourth-order valence-electron chi connectivity index (χ4n) is 2.73. The van der Waals surface area contributed by atoms with Crippen LogP contribution in [0, 0.1) is 17.6 Å². The van der Waals surface area contributed by atoms with Gasteiger partial charge in [0.05, 0.1) is 4.47 Å². The second kappa shape index (κ2) is 6.11. The lowest BCUT2D eigenvalue weighted by Crippen LogP contribution is -2.29. The maximum absolute atomic E-state index is 13.8. The molecule has 4 heteroatoms. The van der Waals surface area contributed by atoms with Crippen LogP contribution in [-0.4, -0.2) is 6.04 Å². The first kappa shape index (κ1) is 13.9. The molecule has 2 rings (SSSR count). The standard InChI is InChI=1S/C14H18BrF2N/c15-11-6-7-12(16)10(14(11)17)5-8-13(18)9-3-1-2-4-9/h6-7,9,13H,1-5,8,18H2. The van der Waals surface area contributed by atoms with E-state index in [4.69, 9.17) is 5.73 Å². The molecule has 1 saturated carbocycles. The summed E-state index contributed by atoms with van der Waals surface area (Å²) in [4.78, 5) is 0. The van der Waals surface area contributed by atoms with Crippen LogP contribution in [0.3, 0.4) is 0 Å². The van der Waals surface area contributed by atoms with E-state index in [1.54, 1.807) is 0 Å². The van der Waals surface area contributed by atoms with Gasteiger partial charge in [-0.1, -0.05) is 12.8 Å². The minimum atomic E-state index is -0.492. The number of nitrogens with two attached hydrogens (primary N) is 1. The van der Waals surface area contributed by atoms with Crippen LogP contribution in [0.2, 0.25) is 0 Å². The highest BCUT2D eigenvalue weighted by Crippen LogP contribution is 2.29. The molecule has 1 aromatic carbocycles. The molecule has 0 radical (unpaired) electrons. The molecule has 1 unspecified atom stereocenters. The summed E-state index contributed by atoms with van der Waals surface area (Å²) in [5.41, 5.74) is 6.26. The van der Waals surface area contributed by atoms with Gasteiger partial charge in [0.2, 0.25) is 0 Å². The fourth-order valence-corrected chi connectivity index (χ4v) is 3.10. The summed E-state index contributed by atoms with van der Waals surface area (Å²) in [6, 6.07) is 2.75. The Balaban J connectivity index is 1.99. The van der Waals surface area contributed by atoms with Crippen molar-refractivity contribution in [2.24, 2.45) is 11.7 Å². The van der Waals surface area contributed by atoms with E-state index in [1.165, 1.54) is 25.0 Å². The second-order valence-corrected chi connectivity index (χ2v) is 5.92. The molecule has 0 aliphatic heterocycles. The smallest absolute Gasteiger partial charge is 0.143 e. The Labute approximate surface area is 115 Å². The van der Waals surface area contributed by atoms with E-state index in [1.807, 2.05) is 0 Å². The van der Waals surface area contributed by atoms with Gasteiger partial charge in [-0.15, -0.1) is 0 Å². The van der Waals surface area contributed by atoms with Crippen LogP contribution < -0.4 is 5.73 Å². The van der Waals surface area contributed by atoms with Crippen LogP contribution in [0.15, 0.2) is 16.6 Å². The van der Waals surface area contributed by atoms with Crippen molar-refractivity contribution < 1.29 is 8.78 Å². The first-order chi connectivity index (χ1) is 8.59. The number of halogens is 3. The molecular formula is C14H18BrF2N. The van der Waals surface area contributed by atoms with E-state index in [-0.39, 0.29) is 11.6 Å². The minimum absolute atomic E-state index is 0.0604. The highest BCUT2D eigenvalue weighted by Gasteiger charge is 2.22. The van der Waals surface area contributed by atoms with Crippen molar-refractivity contribution in [3.8, 4) is 0 Å². The predicted molar refractivity (Wildman–Crippen MR) is 72.3 cm³/mol. The maximum atomic E-state index is 13.8. The Morgan fingerprint density at radius 1 is 1.28 bits per heavy atom. The Bertz CT molecular complexity index is 417. The van der Waals surface area contributed by atoms with Crippen LogP contribution in [0.4, 0.5) is 8.78 Å². The van der Waals surface area contributed by atoms with Crippen molar-refractivity contribution in [3.63, 3.8) is 0 Å². The van der Waals surface area contributed by atoms with Crippen LogP contribution in [0.5, 0.6) is 0 Å². The lowest BCUT2D eigenvalue weighted by Gasteiger charge is -2.19. The molecule has 1 atom stereocenters. The second-order valence-electron chi connectivity index (χ2n) is 5.07. The SMILES string of the molecule is NC(CCc1c(F)ccc(Br)c1F)C1CCCC1. The quantitative estimate of drug-likeness (QED) is 0.828. The van der Waals surface area contributed by atoms with Crippen LogP contribution in [0.1, 0.15) is 37.7 Å². The van der Waals surface area contributed by atoms with Crippen molar-refractivity contribution in [3.05, 3.63) is 33.8 Å². The van der Waals surface area contributed by atoms with Crippen molar-refractivity contribution in [1.82, 2.24) is 0 Å². The molecule has 0 aromatic heterocycles. The third kappa shape index (κ3) is 3.09. The molecule has 0 heterocycles. The van der Waals surface area contributed by atoms with E-state index >= 15 is 0 Å². The fraction of sp³-hybridized carbons (Fsp3) is 0.571. The summed E-state index contributed by atoms with van der Waals surface area (Å²) in [7, 11) is 0. The molecule has 1 nitrogen and oxygen atoms in total. The Morgan fingerprint density at radius 2 is 1.94 bits per heavy atom. The molecule has 100 valence electrons. The van der Waals surface area contributed by atoms with E-state index in [2.05, 4.69) is 15.9 Å². The zero-order valence-corrected chi connectivity index (χ0v) is 11.8. The van der Waals surface area contributed by atoms with E-state index in [9.17, 15) is 8.78 Å².